The molecule has 0 fully saturated rings. The number of aromatic carboxylic acids is 1. The first kappa shape index (κ1) is 13.9. The fourth-order valence-corrected chi connectivity index (χ4v) is 3.41. The van der Waals surface area contributed by atoms with Crippen molar-refractivity contribution in [3.8, 4) is 0 Å². The Hall–Kier alpha value is -2.08. The van der Waals surface area contributed by atoms with Gasteiger partial charge in [-0.25, -0.2) is 4.79 Å². The van der Waals surface area contributed by atoms with Gasteiger partial charge in [0.2, 0.25) is 0 Å². The molecule has 0 saturated carbocycles. The maximum absolute atomic E-state index is 12.2. The first-order valence-electron chi connectivity index (χ1n) is 6.85. The van der Waals surface area contributed by atoms with Crippen LogP contribution in [-0.2, 0) is 0 Å². The zero-order valence-corrected chi connectivity index (χ0v) is 12.4. The minimum Gasteiger partial charge on any atom is -0.477 e. The van der Waals surface area contributed by atoms with E-state index in [0.717, 1.165) is 24.0 Å². The fraction of sp³-hybridized carbons (Fsp3) is 0.333. The SMILES string of the molecule is CC1=CCC(NC(=O)c2cc3sc(C(=O)O)cc3[nH]2)CC1. The Morgan fingerprint density at radius 1 is 1.43 bits per heavy atom. The number of rotatable bonds is 3. The van der Waals surface area contributed by atoms with Crippen LogP contribution in [0.2, 0.25) is 0 Å². The van der Waals surface area contributed by atoms with Crippen molar-refractivity contribution in [3.05, 3.63) is 34.4 Å². The number of carboxylic acids is 1. The second kappa shape index (κ2) is 5.37. The number of hydrogen-bond acceptors (Lipinski definition) is 3. The van der Waals surface area contributed by atoms with Crippen LogP contribution in [0.5, 0.6) is 0 Å². The van der Waals surface area contributed by atoms with Gasteiger partial charge in [0.25, 0.3) is 5.91 Å². The average molecular weight is 304 g/mol. The molecule has 3 rings (SSSR count). The summed E-state index contributed by atoms with van der Waals surface area (Å²) in [6.07, 6.45) is 5.02. The van der Waals surface area contributed by atoms with Crippen molar-refractivity contribution in [1.29, 1.82) is 0 Å². The number of hydrogen-bond donors (Lipinski definition) is 3. The predicted octanol–water partition coefficient (Wildman–Crippen LogP) is 3.16. The Labute approximate surface area is 125 Å². The lowest BCUT2D eigenvalue weighted by molar-refractivity contribution is 0.0702. The highest BCUT2D eigenvalue weighted by Crippen LogP contribution is 2.26. The van der Waals surface area contributed by atoms with Gasteiger partial charge in [-0.2, -0.15) is 0 Å². The van der Waals surface area contributed by atoms with Crippen molar-refractivity contribution in [1.82, 2.24) is 10.3 Å². The molecule has 5 nitrogen and oxygen atoms in total. The number of aromatic nitrogens is 1. The standard InChI is InChI=1S/C15H16N2O3S/c1-8-2-4-9(5-3-8)16-14(18)11-7-12-10(17-11)6-13(21-12)15(19)20/h2,6-7,9,17H,3-5H2,1H3,(H,16,18)(H,19,20). The average Bonchev–Trinajstić information content (AvgIpc) is 2.99. The van der Waals surface area contributed by atoms with E-state index in [4.69, 9.17) is 5.11 Å². The minimum atomic E-state index is -0.944. The lowest BCUT2D eigenvalue weighted by Gasteiger charge is -2.21. The maximum Gasteiger partial charge on any atom is 0.345 e. The van der Waals surface area contributed by atoms with E-state index in [1.165, 1.54) is 16.9 Å². The molecule has 0 aromatic carbocycles. The fourth-order valence-electron chi connectivity index (χ4n) is 2.51. The summed E-state index contributed by atoms with van der Waals surface area (Å²) in [5.74, 6) is -1.08. The van der Waals surface area contributed by atoms with Gasteiger partial charge in [0.05, 0.1) is 10.2 Å². The Balaban J connectivity index is 1.73. The summed E-state index contributed by atoms with van der Waals surface area (Å²) in [6, 6.07) is 3.45. The van der Waals surface area contributed by atoms with E-state index in [1.54, 1.807) is 12.1 Å². The number of H-pyrrole nitrogens is 1. The number of carbonyl (C=O) groups excluding carboxylic acids is 1. The van der Waals surface area contributed by atoms with Crippen LogP contribution in [0.25, 0.3) is 10.2 Å². The molecule has 110 valence electrons. The number of allylic oxidation sites excluding steroid dienone is 1. The first-order valence-corrected chi connectivity index (χ1v) is 7.67. The highest BCUT2D eigenvalue weighted by Gasteiger charge is 2.18. The van der Waals surface area contributed by atoms with Crippen molar-refractivity contribution in [2.75, 3.05) is 0 Å². The third-order valence-electron chi connectivity index (χ3n) is 3.73. The lowest BCUT2D eigenvalue weighted by Crippen LogP contribution is -2.35. The molecule has 2 aromatic heterocycles. The second-order valence-corrected chi connectivity index (χ2v) is 6.46. The summed E-state index contributed by atoms with van der Waals surface area (Å²) < 4.78 is 0.789. The number of amides is 1. The van der Waals surface area contributed by atoms with Crippen molar-refractivity contribution in [3.63, 3.8) is 0 Å². The van der Waals surface area contributed by atoms with Crippen LogP contribution in [-0.4, -0.2) is 28.0 Å². The van der Waals surface area contributed by atoms with Gasteiger partial charge >= 0.3 is 5.97 Å². The number of carboxylic acid groups (broad SMARTS) is 1. The maximum atomic E-state index is 12.2. The molecule has 0 saturated heterocycles. The largest absolute Gasteiger partial charge is 0.477 e. The summed E-state index contributed by atoms with van der Waals surface area (Å²) >= 11 is 1.17. The molecule has 1 amide bonds. The Bertz CT molecular complexity index is 710. The Morgan fingerprint density at radius 2 is 2.24 bits per heavy atom. The van der Waals surface area contributed by atoms with E-state index in [2.05, 4.69) is 23.3 Å². The van der Waals surface area contributed by atoms with Crippen molar-refractivity contribution < 1.29 is 14.7 Å². The molecule has 21 heavy (non-hydrogen) atoms. The van der Waals surface area contributed by atoms with Crippen LogP contribution in [0.4, 0.5) is 0 Å². The molecule has 0 aliphatic heterocycles. The minimum absolute atomic E-state index is 0.131. The zero-order chi connectivity index (χ0) is 15.0. The highest BCUT2D eigenvalue weighted by molar-refractivity contribution is 7.20. The number of carbonyl (C=O) groups is 2. The quantitative estimate of drug-likeness (QED) is 0.762. The number of aromatic amines is 1. The third kappa shape index (κ3) is 2.85. The Kier molecular flexibility index (Phi) is 3.55. The van der Waals surface area contributed by atoms with Crippen LogP contribution in [0, 0.1) is 0 Å². The van der Waals surface area contributed by atoms with Crippen LogP contribution >= 0.6 is 11.3 Å². The molecular formula is C15H16N2O3S. The monoisotopic (exact) mass is 304 g/mol. The smallest absolute Gasteiger partial charge is 0.345 e. The molecular weight excluding hydrogens is 288 g/mol. The zero-order valence-electron chi connectivity index (χ0n) is 11.6. The third-order valence-corrected chi connectivity index (χ3v) is 4.80. The van der Waals surface area contributed by atoms with Crippen LogP contribution in [0.3, 0.4) is 0 Å². The topological polar surface area (TPSA) is 82.2 Å². The van der Waals surface area contributed by atoms with Gasteiger partial charge in [-0.1, -0.05) is 11.6 Å². The van der Waals surface area contributed by atoms with Crippen LogP contribution in [0.1, 0.15) is 46.3 Å². The second-order valence-electron chi connectivity index (χ2n) is 5.37. The molecule has 6 heteroatoms. The number of nitrogens with one attached hydrogen (secondary N) is 2. The van der Waals surface area contributed by atoms with Crippen molar-refractivity contribution in [2.24, 2.45) is 0 Å². The molecule has 0 radical (unpaired) electrons. The van der Waals surface area contributed by atoms with Crippen molar-refractivity contribution in [2.45, 2.75) is 32.2 Å². The van der Waals surface area contributed by atoms with Crippen molar-refractivity contribution >= 4 is 33.4 Å². The van der Waals surface area contributed by atoms with Gasteiger partial charge in [0.1, 0.15) is 10.6 Å². The number of fused-ring (bicyclic) bond motifs is 1. The lowest BCUT2D eigenvalue weighted by atomic mass is 9.96. The van der Waals surface area contributed by atoms with Crippen LogP contribution < -0.4 is 5.32 Å². The summed E-state index contributed by atoms with van der Waals surface area (Å²) in [5.41, 5.74) is 2.56. The molecule has 1 aliphatic rings. The van der Waals surface area contributed by atoms with Gasteiger partial charge in [-0.05, 0) is 38.3 Å². The summed E-state index contributed by atoms with van der Waals surface area (Å²) in [5, 5.41) is 11.9. The predicted molar refractivity (Wildman–Crippen MR) is 82.0 cm³/mol. The molecule has 3 N–H and O–H groups in total. The van der Waals surface area contributed by atoms with Gasteiger partial charge < -0.3 is 15.4 Å². The summed E-state index contributed by atoms with van der Waals surface area (Å²) in [7, 11) is 0. The van der Waals surface area contributed by atoms with Gasteiger partial charge in [0.15, 0.2) is 0 Å². The molecule has 1 unspecified atom stereocenters. The molecule has 0 spiro atoms. The molecule has 0 bridgehead atoms. The first-order chi connectivity index (χ1) is 10.0. The summed E-state index contributed by atoms with van der Waals surface area (Å²) in [6.45, 7) is 2.11. The van der Waals surface area contributed by atoms with E-state index >= 15 is 0 Å². The molecule has 1 aliphatic carbocycles. The molecule has 2 aromatic rings. The van der Waals surface area contributed by atoms with Crippen LogP contribution in [0.15, 0.2) is 23.8 Å². The van der Waals surface area contributed by atoms with E-state index in [9.17, 15) is 9.59 Å². The molecule has 2 heterocycles. The van der Waals surface area contributed by atoms with Gasteiger partial charge in [-0.15, -0.1) is 11.3 Å². The highest BCUT2D eigenvalue weighted by atomic mass is 32.1. The molecule has 1 atom stereocenters. The van der Waals surface area contributed by atoms with E-state index in [-0.39, 0.29) is 16.8 Å². The normalized spacial score (nSPS) is 18.5. The van der Waals surface area contributed by atoms with E-state index in [0.29, 0.717) is 11.2 Å². The van der Waals surface area contributed by atoms with E-state index < -0.39 is 5.97 Å². The van der Waals surface area contributed by atoms with Gasteiger partial charge in [-0.3, -0.25) is 4.79 Å². The van der Waals surface area contributed by atoms with E-state index in [1.807, 2.05) is 0 Å². The number of thiophene rings is 1. The summed E-state index contributed by atoms with van der Waals surface area (Å²) in [4.78, 5) is 26.4. The van der Waals surface area contributed by atoms with Gasteiger partial charge in [0, 0.05) is 6.04 Å². The Morgan fingerprint density at radius 3 is 2.86 bits per heavy atom.